The first-order chi connectivity index (χ1) is 8.08. The van der Waals surface area contributed by atoms with Gasteiger partial charge in [0, 0.05) is 15.6 Å². The number of halogens is 1. The number of benzene rings is 1. The zero-order chi connectivity index (χ0) is 13.0. The molecule has 0 atom stereocenters. The monoisotopic (exact) mass is 293 g/mol. The van der Waals surface area contributed by atoms with Crippen LogP contribution in [-0.2, 0) is 0 Å². The normalized spacial score (nSPS) is 10.3. The summed E-state index contributed by atoms with van der Waals surface area (Å²) < 4.78 is 1.09. The second kappa shape index (κ2) is 6.15. The smallest absolute Gasteiger partial charge is 0.0719 e. The van der Waals surface area contributed by atoms with Crippen molar-refractivity contribution in [2.45, 2.75) is 40.5 Å². The van der Waals surface area contributed by atoms with E-state index in [0.717, 1.165) is 15.7 Å². The minimum atomic E-state index is 0.537. The van der Waals surface area contributed by atoms with Gasteiger partial charge in [-0.25, -0.2) is 0 Å². The van der Waals surface area contributed by atoms with E-state index in [1.165, 1.54) is 10.9 Å². The maximum absolute atomic E-state index is 4.55. The summed E-state index contributed by atoms with van der Waals surface area (Å²) in [5, 5.41) is 1.26. The first kappa shape index (κ1) is 14.2. The molecule has 0 unspecified atom stereocenters. The van der Waals surface area contributed by atoms with E-state index in [2.05, 4.69) is 59.0 Å². The van der Waals surface area contributed by atoms with Gasteiger partial charge in [0.25, 0.3) is 0 Å². The number of pyridine rings is 1. The highest BCUT2D eigenvalue weighted by molar-refractivity contribution is 9.10. The molecule has 1 aromatic carbocycles. The molecular weight excluding hydrogens is 274 g/mol. The van der Waals surface area contributed by atoms with Gasteiger partial charge in [-0.1, -0.05) is 49.7 Å². The average Bonchev–Trinajstić information content (AvgIpc) is 2.29. The van der Waals surface area contributed by atoms with Gasteiger partial charge >= 0.3 is 0 Å². The standard InChI is InChI=1S/C13H14BrN.C2H6/c1-8(2)12-6-9(3)15-13-7-10(14)4-5-11(12)13;1-2/h4-8H,1-3H3;1-2H3. The number of aryl methyl sites for hydroxylation is 1. The van der Waals surface area contributed by atoms with Crippen LogP contribution in [0.4, 0.5) is 0 Å². The molecular formula is C15H20BrN. The van der Waals surface area contributed by atoms with Crippen LogP contribution in [0.15, 0.2) is 28.7 Å². The van der Waals surface area contributed by atoms with E-state index in [9.17, 15) is 0 Å². The molecule has 2 rings (SSSR count). The summed E-state index contributed by atoms with van der Waals surface area (Å²) >= 11 is 3.48. The Morgan fingerprint density at radius 3 is 2.35 bits per heavy atom. The molecule has 0 amide bonds. The Kier molecular flexibility index (Phi) is 5.13. The molecule has 1 aromatic heterocycles. The molecule has 2 aromatic rings. The minimum absolute atomic E-state index is 0.537. The van der Waals surface area contributed by atoms with Gasteiger partial charge in [0.15, 0.2) is 0 Å². The van der Waals surface area contributed by atoms with Crippen LogP contribution in [-0.4, -0.2) is 4.98 Å². The summed E-state index contributed by atoms with van der Waals surface area (Å²) in [5.74, 6) is 0.537. The van der Waals surface area contributed by atoms with Crippen molar-refractivity contribution in [3.8, 4) is 0 Å². The van der Waals surface area contributed by atoms with Crippen LogP contribution in [0, 0.1) is 6.92 Å². The molecule has 17 heavy (non-hydrogen) atoms. The zero-order valence-corrected chi connectivity index (χ0v) is 12.8. The van der Waals surface area contributed by atoms with E-state index in [4.69, 9.17) is 0 Å². The van der Waals surface area contributed by atoms with Crippen molar-refractivity contribution in [3.63, 3.8) is 0 Å². The van der Waals surface area contributed by atoms with E-state index in [1.807, 2.05) is 20.8 Å². The number of hydrogen-bond acceptors (Lipinski definition) is 1. The van der Waals surface area contributed by atoms with Crippen LogP contribution < -0.4 is 0 Å². The largest absolute Gasteiger partial charge is 0.253 e. The Bertz CT molecular complexity index is 498. The molecule has 0 fully saturated rings. The number of nitrogens with zero attached hydrogens (tertiary/aromatic N) is 1. The third-order valence-electron chi connectivity index (χ3n) is 2.55. The first-order valence-corrected chi connectivity index (χ1v) is 6.94. The first-order valence-electron chi connectivity index (χ1n) is 6.14. The Morgan fingerprint density at radius 1 is 1.12 bits per heavy atom. The van der Waals surface area contributed by atoms with Crippen LogP contribution in [0.2, 0.25) is 0 Å². The summed E-state index contributed by atoms with van der Waals surface area (Å²) in [6.07, 6.45) is 0. The predicted octanol–water partition coefficient (Wildman–Crippen LogP) is 5.46. The Morgan fingerprint density at radius 2 is 1.76 bits per heavy atom. The summed E-state index contributed by atoms with van der Waals surface area (Å²) in [7, 11) is 0. The van der Waals surface area contributed by atoms with Crippen molar-refractivity contribution in [2.24, 2.45) is 0 Å². The molecule has 0 aliphatic heterocycles. The lowest BCUT2D eigenvalue weighted by molar-refractivity contribution is 0.871. The second-order valence-corrected chi connectivity index (χ2v) is 5.08. The van der Waals surface area contributed by atoms with Crippen LogP contribution in [0.3, 0.4) is 0 Å². The SMILES string of the molecule is CC.Cc1cc(C(C)C)c2ccc(Br)cc2n1. The van der Waals surface area contributed by atoms with E-state index >= 15 is 0 Å². The fourth-order valence-corrected chi connectivity index (χ4v) is 2.19. The molecule has 0 spiro atoms. The van der Waals surface area contributed by atoms with E-state index in [0.29, 0.717) is 5.92 Å². The summed E-state index contributed by atoms with van der Waals surface area (Å²) in [5.41, 5.74) is 3.54. The van der Waals surface area contributed by atoms with Gasteiger partial charge in [0.05, 0.1) is 5.52 Å². The predicted molar refractivity (Wildman–Crippen MR) is 79.6 cm³/mol. The molecule has 0 N–H and O–H groups in total. The van der Waals surface area contributed by atoms with Gasteiger partial charge in [-0.15, -0.1) is 0 Å². The molecule has 0 aliphatic carbocycles. The van der Waals surface area contributed by atoms with Crippen molar-refractivity contribution < 1.29 is 0 Å². The van der Waals surface area contributed by atoms with Crippen LogP contribution in [0.5, 0.6) is 0 Å². The molecule has 0 saturated heterocycles. The topological polar surface area (TPSA) is 12.9 Å². The van der Waals surface area contributed by atoms with Crippen LogP contribution in [0.1, 0.15) is 44.9 Å². The third kappa shape index (κ3) is 3.29. The molecule has 0 saturated carbocycles. The van der Waals surface area contributed by atoms with Crippen molar-refractivity contribution in [1.29, 1.82) is 0 Å². The van der Waals surface area contributed by atoms with E-state index in [-0.39, 0.29) is 0 Å². The highest BCUT2D eigenvalue weighted by Gasteiger charge is 2.07. The van der Waals surface area contributed by atoms with Crippen LogP contribution in [0.25, 0.3) is 10.9 Å². The van der Waals surface area contributed by atoms with Gasteiger partial charge in [-0.3, -0.25) is 4.98 Å². The molecule has 0 radical (unpaired) electrons. The lowest BCUT2D eigenvalue weighted by atomic mass is 9.98. The Labute approximate surface area is 112 Å². The maximum atomic E-state index is 4.55. The molecule has 1 nitrogen and oxygen atoms in total. The van der Waals surface area contributed by atoms with Crippen molar-refractivity contribution in [2.75, 3.05) is 0 Å². The fraction of sp³-hybridized carbons (Fsp3) is 0.400. The van der Waals surface area contributed by atoms with Crippen LogP contribution >= 0.6 is 15.9 Å². The third-order valence-corrected chi connectivity index (χ3v) is 3.05. The Balaban J connectivity index is 0.000000686. The van der Waals surface area contributed by atoms with Gasteiger partial charge in [-0.2, -0.15) is 0 Å². The van der Waals surface area contributed by atoms with Crippen molar-refractivity contribution in [3.05, 3.63) is 40.0 Å². The second-order valence-electron chi connectivity index (χ2n) is 4.17. The van der Waals surface area contributed by atoms with Gasteiger partial charge in [-0.05, 0) is 36.6 Å². The number of rotatable bonds is 1. The summed E-state index contributed by atoms with van der Waals surface area (Å²) in [4.78, 5) is 4.55. The fourth-order valence-electron chi connectivity index (χ4n) is 1.84. The highest BCUT2D eigenvalue weighted by atomic mass is 79.9. The van der Waals surface area contributed by atoms with Gasteiger partial charge in [0.1, 0.15) is 0 Å². The number of aromatic nitrogens is 1. The van der Waals surface area contributed by atoms with Gasteiger partial charge < -0.3 is 0 Å². The molecule has 2 heteroatoms. The number of hydrogen-bond donors (Lipinski definition) is 0. The van der Waals surface area contributed by atoms with Crippen molar-refractivity contribution in [1.82, 2.24) is 4.98 Å². The molecule has 92 valence electrons. The summed E-state index contributed by atoms with van der Waals surface area (Å²) in [6.45, 7) is 10.5. The molecule has 1 heterocycles. The Hall–Kier alpha value is -0.890. The lowest BCUT2D eigenvalue weighted by Crippen LogP contribution is -1.94. The van der Waals surface area contributed by atoms with Crippen molar-refractivity contribution >= 4 is 26.8 Å². The highest BCUT2D eigenvalue weighted by Crippen LogP contribution is 2.27. The van der Waals surface area contributed by atoms with Gasteiger partial charge in [0.2, 0.25) is 0 Å². The average molecular weight is 294 g/mol. The number of fused-ring (bicyclic) bond motifs is 1. The summed E-state index contributed by atoms with van der Waals surface area (Å²) in [6, 6.07) is 8.47. The maximum Gasteiger partial charge on any atom is 0.0719 e. The quantitative estimate of drug-likeness (QED) is 0.681. The minimum Gasteiger partial charge on any atom is -0.253 e. The molecule has 0 aliphatic rings. The zero-order valence-electron chi connectivity index (χ0n) is 11.2. The van der Waals surface area contributed by atoms with E-state index < -0.39 is 0 Å². The molecule has 0 bridgehead atoms. The van der Waals surface area contributed by atoms with E-state index in [1.54, 1.807) is 0 Å². The lowest BCUT2D eigenvalue weighted by Gasteiger charge is -2.11.